The molecule has 1 rings (SSSR count). The summed E-state index contributed by atoms with van der Waals surface area (Å²) in [4.78, 5) is 6.09. The Balaban J connectivity index is 3.05. The van der Waals surface area contributed by atoms with Gasteiger partial charge in [-0.3, -0.25) is 4.98 Å². The van der Waals surface area contributed by atoms with Crippen LogP contribution in [0, 0.1) is 0 Å². The molecule has 0 aromatic carbocycles. The van der Waals surface area contributed by atoms with E-state index in [1.54, 1.807) is 12.4 Å². The lowest BCUT2D eigenvalue weighted by Crippen LogP contribution is -2.45. The van der Waals surface area contributed by atoms with Gasteiger partial charge in [0.1, 0.15) is 0 Å². The summed E-state index contributed by atoms with van der Waals surface area (Å²) in [5.74, 6) is 0. The van der Waals surface area contributed by atoms with E-state index < -0.39 is 0 Å². The molecule has 84 valence electrons. The van der Waals surface area contributed by atoms with Gasteiger partial charge in [0.05, 0.1) is 24.0 Å². The van der Waals surface area contributed by atoms with Crippen molar-refractivity contribution in [1.82, 2.24) is 4.98 Å². The summed E-state index contributed by atoms with van der Waals surface area (Å²) in [6.07, 6.45) is 3.51. The highest BCUT2D eigenvalue weighted by Crippen LogP contribution is 2.24. The summed E-state index contributed by atoms with van der Waals surface area (Å²) in [5.41, 5.74) is 7.35. The Hall–Kier alpha value is -1.13. The maximum Gasteiger partial charge on any atom is 0.0658 e. The summed E-state index contributed by atoms with van der Waals surface area (Å²) in [6.45, 7) is 4.51. The van der Waals surface area contributed by atoms with E-state index in [0.717, 1.165) is 11.3 Å². The fourth-order valence-electron chi connectivity index (χ4n) is 1.32. The number of aliphatic hydroxyl groups is 1. The minimum atomic E-state index is -0.313. The van der Waals surface area contributed by atoms with Gasteiger partial charge in [-0.25, -0.2) is 0 Å². The van der Waals surface area contributed by atoms with Crippen molar-refractivity contribution in [3.63, 3.8) is 0 Å². The molecule has 15 heavy (non-hydrogen) atoms. The van der Waals surface area contributed by atoms with E-state index in [1.165, 1.54) is 0 Å². The van der Waals surface area contributed by atoms with Gasteiger partial charge < -0.3 is 15.7 Å². The smallest absolute Gasteiger partial charge is 0.0658 e. The predicted molar refractivity (Wildman–Crippen MR) is 61.7 cm³/mol. The molecule has 0 amide bonds. The van der Waals surface area contributed by atoms with Gasteiger partial charge in [0, 0.05) is 19.8 Å². The first-order chi connectivity index (χ1) is 7.03. The number of nitrogens with zero attached hydrogens (tertiary/aromatic N) is 2. The molecule has 0 radical (unpaired) electrons. The second kappa shape index (κ2) is 4.59. The molecule has 4 nitrogen and oxygen atoms in total. The van der Waals surface area contributed by atoms with Gasteiger partial charge >= 0.3 is 0 Å². The summed E-state index contributed by atoms with van der Waals surface area (Å²) in [6, 6.07) is 1.90. The molecule has 0 aliphatic heterocycles. The minimum Gasteiger partial charge on any atom is -0.394 e. The van der Waals surface area contributed by atoms with Crippen molar-refractivity contribution in [3.05, 3.63) is 24.0 Å². The van der Waals surface area contributed by atoms with Crippen LogP contribution in [0.4, 0.5) is 5.69 Å². The van der Waals surface area contributed by atoms with E-state index >= 15 is 0 Å². The molecular weight excluding hydrogens is 190 g/mol. The number of nitrogens with two attached hydrogens (primary N) is 1. The van der Waals surface area contributed by atoms with Crippen LogP contribution in [0.1, 0.15) is 19.4 Å². The Morgan fingerprint density at radius 2 is 2.20 bits per heavy atom. The molecule has 4 heteroatoms. The second-order valence-electron chi connectivity index (χ2n) is 4.24. The zero-order chi connectivity index (χ0) is 11.5. The number of rotatable bonds is 4. The Labute approximate surface area is 90.7 Å². The lowest BCUT2D eigenvalue weighted by molar-refractivity contribution is 0.216. The van der Waals surface area contributed by atoms with Crippen molar-refractivity contribution in [2.45, 2.75) is 25.9 Å². The number of aromatic nitrogens is 1. The molecule has 0 unspecified atom stereocenters. The normalized spacial score (nSPS) is 11.5. The summed E-state index contributed by atoms with van der Waals surface area (Å²) >= 11 is 0. The highest BCUT2D eigenvalue weighted by Gasteiger charge is 2.24. The van der Waals surface area contributed by atoms with Crippen LogP contribution < -0.4 is 10.6 Å². The monoisotopic (exact) mass is 209 g/mol. The van der Waals surface area contributed by atoms with Gasteiger partial charge in [-0.1, -0.05) is 0 Å². The molecule has 0 atom stereocenters. The highest BCUT2D eigenvalue weighted by molar-refractivity contribution is 5.52. The SMILES string of the molecule is CN(c1cnccc1CN)C(C)(C)CO. The fraction of sp³-hybridized carbons (Fsp3) is 0.545. The third-order valence-electron chi connectivity index (χ3n) is 2.76. The lowest BCUT2D eigenvalue weighted by Gasteiger charge is -2.36. The molecule has 0 spiro atoms. The highest BCUT2D eigenvalue weighted by atomic mass is 16.3. The summed E-state index contributed by atoms with van der Waals surface area (Å²) in [7, 11) is 1.94. The van der Waals surface area contributed by atoms with Crippen LogP contribution >= 0.6 is 0 Å². The number of likely N-dealkylation sites (N-methyl/N-ethyl adjacent to an activating group) is 1. The standard InChI is InChI=1S/C11H19N3O/c1-11(2,8-15)14(3)10-7-13-5-4-9(10)6-12/h4-5,7,15H,6,8,12H2,1-3H3. The quantitative estimate of drug-likeness (QED) is 0.768. The summed E-state index contributed by atoms with van der Waals surface area (Å²) in [5, 5.41) is 9.30. The summed E-state index contributed by atoms with van der Waals surface area (Å²) < 4.78 is 0. The molecule has 0 aliphatic carbocycles. The molecular formula is C11H19N3O. The van der Waals surface area contributed by atoms with E-state index in [1.807, 2.05) is 31.9 Å². The number of anilines is 1. The molecule has 0 saturated carbocycles. The van der Waals surface area contributed by atoms with Crippen molar-refractivity contribution >= 4 is 5.69 Å². The Kier molecular flexibility index (Phi) is 3.66. The van der Waals surface area contributed by atoms with Gasteiger partial charge in [0.25, 0.3) is 0 Å². The molecule has 1 heterocycles. The zero-order valence-electron chi connectivity index (χ0n) is 9.57. The van der Waals surface area contributed by atoms with Gasteiger partial charge in [-0.2, -0.15) is 0 Å². The van der Waals surface area contributed by atoms with Crippen LogP contribution in [0.5, 0.6) is 0 Å². The van der Waals surface area contributed by atoms with E-state index in [0.29, 0.717) is 6.54 Å². The van der Waals surface area contributed by atoms with E-state index in [2.05, 4.69) is 4.98 Å². The average molecular weight is 209 g/mol. The molecule has 3 N–H and O–H groups in total. The van der Waals surface area contributed by atoms with Crippen molar-refractivity contribution in [2.75, 3.05) is 18.6 Å². The average Bonchev–Trinajstić information content (AvgIpc) is 2.28. The van der Waals surface area contributed by atoms with Crippen LogP contribution in [0.2, 0.25) is 0 Å². The van der Waals surface area contributed by atoms with Gasteiger partial charge in [0.2, 0.25) is 0 Å². The number of pyridine rings is 1. The van der Waals surface area contributed by atoms with E-state index in [4.69, 9.17) is 5.73 Å². The van der Waals surface area contributed by atoms with E-state index in [-0.39, 0.29) is 12.1 Å². The first-order valence-electron chi connectivity index (χ1n) is 5.00. The number of aliphatic hydroxyl groups excluding tert-OH is 1. The first kappa shape index (κ1) is 11.9. The van der Waals surface area contributed by atoms with Crippen LogP contribution in [0.3, 0.4) is 0 Å². The third-order valence-corrected chi connectivity index (χ3v) is 2.76. The molecule has 0 fully saturated rings. The third kappa shape index (κ3) is 2.46. The molecule has 1 aromatic rings. The lowest BCUT2D eigenvalue weighted by atomic mass is 10.0. The maximum atomic E-state index is 9.30. The fourth-order valence-corrected chi connectivity index (χ4v) is 1.32. The molecule has 0 bridgehead atoms. The number of hydrogen-bond donors (Lipinski definition) is 2. The van der Waals surface area contributed by atoms with Crippen LogP contribution in [0.25, 0.3) is 0 Å². The van der Waals surface area contributed by atoms with Gasteiger partial charge in [-0.05, 0) is 25.5 Å². The molecule has 0 aliphatic rings. The van der Waals surface area contributed by atoms with Gasteiger partial charge in [-0.15, -0.1) is 0 Å². The van der Waals surface area contributed by atoms with E-state index in [9.17, 15) is 5.11 Å². The van der Waals surface area contributed by atoms with Crippen LogP contribution in [0.15, 0.2) is 18.5 Å². The Bertz CT molecular complexity index is 325. The minimum absolute atomic E-state index is 0.0857. The molecule has 1 aromatic heterocycles. The van der Waals surface area contributed by atoms with Crippen LogP contribution in [-0.2, 0) is 6.54 Å². The van der Waals surface area contributed by atoms with Gasteiger partial charge in [0.15, 0.2) is 0 Å². The second-order valence-corrected chi connectivity index (χ2v) is 4.24. The largest absolute Gasteiger partial charge is 0.394 e. The van der Waals surface area contributed by atoms with Crippen molar-refractivity contribution < 1.29 is 5.11 Å². The van der Waals surface area contributed by atoms with Crippen LogP contribution in [-0.4, -0.2) is 29.3 Å². The Morgan fingerprint density at radius 1 is 1.53 bits per heavy atom. The van der Waals surface area contributed by atoms with Crippen molar-refractivity contribution in [1.29, 1.82) is 0 Å². The first-order valence-corrected chi connectivity index (χ1v) is 5.00. The number of hydrogen-bond acceptors (Lipinski definition) is 4. The topological polar surface area (TPSA) is 62.4 Å². The predicted octanol–water partition coefficient (Wildman–Crippen LogP) is 0.747. The van der Waals surface area contributed by atoms with Crippen molar-refractivity contribution in [3.8, 4) is 0 Å². The van der Waals surface area contributed by atoms with Crippen molar-refractivity contribution in [2.24, 2.45) is 5.73 Å². The molecule has 0 saturated heterocycles. The zero-order valence-corrected chi connectivity index (χ0v) is 9.57. The maximum absolute atomic E-state index is 9.30. The Morgan fingerprint density at radius 3 is 2.73 bits per heavy atom.